The number of carboxylic acid groups (broad SMARTS) is 2. The maximum atomic E-state index is 12.8. The number of aliphatic carboxylic acids is 2. The third kappa shape index (κ3) is 10.8. The van der Waals surface area contributed by atoms with Crippen molar-refractivity contribution in [2.24, 2.45) is 11.7 Å². The minimum Gasteiger partial charge on any atom is -0.508 e. The van der Waals surface area contributed by atoms with Crippen LogP contribution < -0.4 is 21.7 Å². The monoisotopic (exact) mass is 480 g/mol. The number of amides is 3. The number of phenols is 1. The number of phenolic OH excluding ortho intramolecular Hbond substituents is 1. The van der Waals surface area contributed by atoms with Crippen LogP contribution in [0.25, 0.3) is 0 Å². The second kappa shape index (κ2) is 13.8. The van der Waals surface area contributed by atoms with E-state index in [2.05, 4.69) is 16.0 Å². The molecule has 0 aliphatic carbocycles. The highest BCUT2D eigenvalue weighted by Crippen LogP contribution is 2.12. The number of benzene rings is 1. The van der Waals surface area contributed by atoms with Crippen molar-refractivity contribution in [3.63, 3.8) is 0 Å². The van der Waals surface area contributed by atoms with Crippen molar-refractivity contribution in [3.8, 4) is 5.75 Å². The molecule has 188 valence electrons. The van der Waals surface area contributed by atoms with Gasteiger partial charge in [-0.3, -0.25) is 19.2 Å². The van der Waals surface area contributed by atoms with Gasteiger partial charge in [0.1, 0.15) is 17.8 Å². The number of nitrogens with one attached hydrogen (secondary N) is 3. The fourth-order valence-electron chi connectivity index (χ4n) is 3.00. The van der Waals surface area contributed by atoms with Gasteiger partial charge in [0, 0.05) is 12.8 Å². The van der Waals surface area contributed by atoms with Crippen LogP contribution in [-0.2, 0) is 30.4 Å². The summed E-state index contributed by atoms with van der Waals surface area (Å²) in [7, 11) is 0. The lowest BCUT2D eigenvalue weighted by molar-refractivity contribution is -0.142. The van der Waals surface area contributed by atoms with E-state index in [1.807, 2.05) is 13.8 Å². The zero-order valence-electron chi connectivity index (χ0n) is 19.1. The number of aromatic hydroxyl groups is 1. The zero-order valence-corrected chi connectivity index (χ0v) is 19.1. The van der Waals surface area contributed by atoms with Crippen LogP contribution in [0, 0.1) is 5.92 Å². The van der Waals surface area contributed by atoms with Gasteiger partial charge in [-0.1, -0.05) is 26.0 Å². The smallest absolute Gasteiger partial charge is 0.326 e. The Morgan fingerprint density at radius 1 is 0.941 bits per heavy atom. The predicted molar refractivity (Wildman–Crippen MR) is 121 cm³/mol. The maximum Gasteiger partial charge on any atom is 0.326 e. The van der Waals surface area contributed by atoms with E-state index in [4.69, 9.17) is 10.8 Å². The number of nitrogens with two attached hydrogens (primary N) is 1. The number of carbonyl (C=O) groups is 5. The Morgan fingerprint density at radius 2 is 1.56 bits per heavy atom. The van der Waals surface area contributed by atoms with Crippen LogP contribution in [-0.4, -0.2) is 69.7 Å². The van der Waals surface area contributed by atoms with Gasteiger partial charge in [-0.15, -0.1) is 0 Å². The number of hydrogen-bond acceptors (Lipinski definition) is 7. The van der Waals surface area contributed by atoms with E-state index in [9.17, 15) is 34.2 Å². The summed E-state index contributed by atoms with van der Waals surface area (Å²) in [6, 6.07) is 2.48. The van der Waals surface area contributed by atoms with Gasteiger partial charge in [-0.05, 0) is 36.5 Å². The predicted octanol–water partition coefficient (Wildman–Crippen LogP) is -0.657. The van der Waals surface area contributed by atoms with Gasteiger partial charge in [0.05, 0.1) is 12.6 Å². The summed E-state index contributed by atoms with van der Waals surface area (Å²) in [5.41, 5.74) is 6.18. The fraction of sp³-hybridized carbons (Fsp3) is 0.500. The van der Waals surface area contributed by atoms with Crippen molar-refractivity contribution in [1.29, 1.82) is 0 Å². The molecule has 12 heteroatoms. The molecular weight excluding hydrogens is 448 g/mol. The molecular formula is C22H32N4O8. The van der Waals surface area contributed by atoms with E-state index in [1.54, 1.807) is 12.1 Å². The Balaban J connectivity index is 2.85. The molecule has 0 bridgehead atoms. The lowest BCUT2D eigenvalue weighted by Crippen LogP contribution is -2.54. The fourth-order valence-corrected chi connectivity index (χ4v) is 3.00. The van der Waals surface area contributed by atoms with Crippen molar-refractivity contribution < 1.29 is 39.3 Å². The summed E-state index contributed by atoms with van der Waals surface area (Å²) in [5, 5.41) is 34.7. The molecule has 1 aromatic carbocycles. The van der Waals surface area contributed by atoms with Crippen molar-refractivity contribution in [2.75, 3.05) is 6.54 Å². The Morgan fingerprint density at radius 3 is 2.09 bits per heavy atom. The highest BCUT2D eigenvalue weighted by molar-refractivity contribution is 5.92. The molecule has 34 heavy (non-hydrogen) atoms. The van der Waals surface area contributed by atoms with Gasteiger partial charge in [-0.2, -0.15) is 0 Å². The van der Waals surface area contributed by atoms with E-state index < -0.39 is 54.3 Å². The summed E-state index contributed by atoms with van der Waals surface area (Å²) in [5.74, 6) is -4.49. The molecule has 1 aromatic rings. The highest BCUT2D eigenvalue weighted by Gasteiger charge is 2.27. The van der Waals surface area contributed by atoms with Crippen LogP contribution in [0.5, 0.6) is 5.75 Å². The molecule has 3 atom stereocenters. The average Bonchev–Trinajstić information content (AvgIpc) is 2.75. The molecule has 8 N–H and O–H groups in total. The molecule has 0 fully saturated rings. The van der Waals surface area contributed by atoms with Crippen molar-refractivity contribution in [2.45, 2.75) is 57.7 Å². The van der Waals surface area contributed by atoms with Gasteiger partial charge < -0.3 is 37.0 Å². The normalized spacial score (nSPS) is 13.4. The lowest BCUT2D eigenvalue weighted by atomic mass is 10.0. The molecule has 1 rings (SSSR count). The van der Waals surface area contributed by atoms with E-state index in [0.29, 0.717) is 5.56 Å². The zero-order chi connectivity index (χ0) is 25.8. The molecule has 0 aliphatic rings. The quantitative estimate of drug-likeness (QED) is 0.180. The number of carbonyl (C=O) groups excluding carboxylic acids is 3. The van der Waals surface area contributed by atoms with Gasteiger partial charge in [-0.25, -0.2) is 4.79 Å². The number of rotatable bonds is 14. The molecule has 3 unspecified atom stereocenters. The second-order valence-electron chi connectivity index (χ2n) is 8.28. The first kappa shape index (κ1) is 28.4. The Labute approximate surface area is 196 Å². The molecule has 0 saturated carbocycles. The first-order valence-electron chi connectivity index (χ1n) is 10.7. The molecule has 0 saturated heterocycles. The van der Waals surface area contributed by atoms with Crippen LogP contribution in [0.4, 0.5) is 0 Å². The lowest BCUT2D eigenvalue weighted by Gasteiger charge is -2.23. The van der Waals surface area contributed by atoms with Crippen molar-refractivity contribution in [1.82, 2.24) is 16.0 Å². The summed E-state index contributed by atoms with van der Waals surface area (Å²) in [4.78, 5) is 59.3. The highest BCUT2D eigenvalue weighted by atomic mass is 16.4. The Bertz CT molecular complexity index is 872. The SMILES string of the molecule is CC(C)CC(NC(=O)C(Cc1ccc(O)cc1)NC(=O)CNC(=O)C(N)CCC(=O)O)C(=O)O. The van der Waals surface area contributed by atoms with E-state index in [0.717, 1.165) is 0 Å². The summed E-state index contributed by atoms with van der Waals surface area (Å²) in [6.07, 6.45) is -0.235. The Hall–Kier alpha value is -3.67. The van der Waals surface area contributed by atoms with E-state index >= 15 is 0 Å². The molecule has 3 amide bonds. The van der Waals surface area contributed by atoms with E-state index in [1.165, 1.54) is 12.1 Å². The third-order valence-electron chi connectivity index (χ3n) is 4.78. The molecule has 0 spiro atoms. The minimum absolute atomic E-state index is 0.00204. The Kier molecular flexibility index (Phi) is 11.5. The third-order valence-corrected chi connectivity index (χ3v) is 4.78. The van der Waals surface area contributed by atoms with Gasteiger partial charge in [0.15, 0.2) is 0 Å². The van der Waals surface area contributed by atoms with Crippen molar-refractivity contribution in [3.05, 3.63) is 29.8 Å². The maximum absolute atomic E-state index is 12.8. The average molecular weight is 481 g/mol. The van der Waals surface area contributed by atoms with Gasteiger partial charge in [0.2, 0.25) is 17.7 Å². The number of hydrogen-bond donors (Lipinski definition) is 7. The summed E-state index contributed by atoms with van der Waals surface area (Å²) >= 11 is 0. The summed E-state index contributed by atoms with van der Waals surface area (Å²) in [6.45, 7) is 3.09. The van der Waals surface area contributed by atoms with Crippen LogP contribution in [0.3, 0.4) is 0 Å². The molecule has 0 aromatic heterocycles. The molecule has 0 radical (unpaired) electrons. The van der Waals surface area contributed by atoms with E-state index in [-0.39, 0.29) is 37.4 Å². The van der Waals surface area contributed by atoms with Crippen molar-refractivity contribution >= 4 is 29.7 Å². The van der Waals surface area contributed by atoms with Gasteiger partial charge in [0.25, 0.3) is 0 Å². The second-order valence-corrected chi connectivity index (χ2v) is 8.28. The summed E-state index contributed by atoms with van der Waals surface area (Å²) < 4.78 is 0. The molecule has 12 nitrogen and oxygen atoms in total. The molecule has 0 aliphatic heterocycles. The first-order valence-corrected chi connectivity index (χ1v) is 10.7. The van der Waals surface area contributed by atoms with Crippen LogP contribution in [0.2, 0.25) is 0 Å². The van der Waals surface area contributed by atoms with Gasteiger partial charge >= 0.3 is 11.9 Å². The van der Waals surface area contributed by atoms with Crippen LogP contribution in [0.1, 0.15) is 38.7 Å². The topological polar surface area (TPSA) is 208 Å². The largest absolute Gasteiger partial charge is 0.508 e. The molecule has 0 heterocycles. The van der Waals surface area contributed by atoms with Crippen LogP contribution in [0.15, 0.2) is 24.3 Å². The standard InChI is InChI=1S/C22H32N4O8/c1-12(2)9-17(22(33)34)26-21(32)16(10-13-3-5-14(27)6-4-13)25-18(28)11-24-20(31)15(23)7-8-19(29)30/h3-6,12,15-17,27H,7-11,23H2,1-2H3,(H,24,31)(H,25,28)(H,26,32)(H,29,30)(H,33,34). The van der Waals surface area contributed by atoms with Crippen LogP contribution >= 0.6 is 0 Å². The minimum atomic E-state index is -1.21. The first-order chi connectivity index (χ1) is 15.9. The number of carboxylic acids is 2.